The molecule has 0 aliphatic heterocycles. The number of thioether (sulfide) groups is 1. The van der Waals surface area contributed by atoms with Gasteiger partial charge in [-0.05, 0) is 39.5 Å². The number of nitrogens with zero attached hydrogens (tertiary/aromatic N) is 2. The zero-order chi connectivity index (χ0) is 17.5. The van der Waals surface area contributed by atoms with Gasteiger partial charge in [0.05, 0.1) is 3.79 Å². The number of hydrogen-bond acceptors (Lipinski definition) is 7. The molecule has 0 aliphatic rings. The van der Waals surface area contributed by atoms with E-state index in [2.05, 4.69) is 43.5 Å². The molecule has 132 valence electrons. The van der Waals surface area contributed by atoms with Crippen LogP contribution in [-0.4, -0.2) is 28.3 Å². The van der Waals surface area contributed by atoms with Gasteiger partial charge in [0.15, 0.2) is 0 Å². The zero-order valence-electron chi connectivity index (χ0n) is 13.2. The summed E-state index contributed by atoms with van der Waals surface area (Å²) in [5.41, 5.74) is 0.944. The summed E-state index contributed by atoms with van der Waals surface area (Å²) in [4.78, 5) is 17.5. The molecule has 0 radical (unpaired) electrons. The van der Waals surface area contributed by atoms with E-state index in [4.69, 9.17) is 4.52 Å². The molecule has 0 saturated heterocycles. The van der Waals surface area contributed by atoms with Crippen LogP contribution in [0.5, 0.6) is 0 Å². The van der Waals surface area contributed by atoms with Crippen LogP contribution >= 0.6 is 50.4 Å². The molecular weight excluding hydrogens is 442 g/mol. The van der Waals surface area contributed by atoms with Crippen LogP contribution in [0.25, 0.3) is 11.4 Å². The minimum Gasteiger partial charge on any atom is -0.355 e. The van der Waals surface area contributed by atoms with E-state index in [1.807, 2.05) is 28.6 Å². The van der Waals surface area contributed by atoms with Crippen LogP contribution in [0.4, 0.5) is 0 Å². The molecular formula is C16H16BrN3O2S3. The number of rotatable bonds is 9. The van der Waals surface area contributed by atoms with Crippen molar-refractivity contribution in [3.8, 4) is 11.4 Å². The highest BCUT2D eigenvalue weighted by Gasteiger charge is 2.10. The molecule has 3 heterocycles. The lowest BCUT2D eigenvalue weighted by Crippen LogP contribution is -2.25. The maximum absolute atomic E-state index is 11.9. The largest absolute Gasteiger partial charge is 0.355 e. The first-order chi connectivity index (χ1) is 12.2. The Hall–Kier alpha value is -1.16. The quantitative estimate of drug-likeness (QED) is 0.475. The van der Waals surface area contributed by atoms with E-state index in [0.29, 0.717) is 31.1 Å². The first kappa shape index (κ1) is 18.6. The van der Waals surface area contributed by atoms with Gasteiger partial charge in [-0.3, -0.25) is 4.79 Å². The van der Waals surface area contributed by atoms with Crippen LogP contribution in [0.1, 0.15) is 17.2 Å². The smallest absolute Gasteiger partial charge is 0.227 e. The number of carbonyl (C=O) groups excluding carboxylic acids is 1. The van der Waals surface area contributed by atoms with E-state index in [1.165, 1.54) is 4.88 Å². The molecule has 3 rings (SSSR count). The van der Waals surface area contributed by atoms with Crippen LogP contribution in [0.2, 0.25) is 0 Å². The number of carbonyl (C=O) groups is 1. The highest BCUT2D eigenvalue weighted by molar-refractivity contribution is 9.11. The molecule has 9 heteroatoms. The van der Waals surface area contributed by atoms with Crippen molar-refractivity contribution in [3.05, 3.63) is 43.5 Å². The van der Waals surface area contributed by atoms with Crippen LogP contribution < -0.4 is 5.32 Å². The third kappa shape index (κ3) is 5.95. The van der Waals surface area contributed by atoms with Crippen LogP contribution in [0.3, 0.4) is 0 Å². The second-order valence-electron chi connectivity index (χ2n) is 5.13. The predicted molar refractivity (Wildman–Crippen MR) is 107 cm³/mol. The molecule has 0 atom stereocenters. The summed E-state index contributed by atoms with van der Waals surface area (Å²) in [6.45, 7) is 0.667. The summed E-state index contributed by atoms with van der Waals surface area (Å²) in [5.74, 6) is 2.95. The molecule has 0 aliphatic carbocycles. The summed E-state index contributed by atoms with van der Waals surface area (Å²) in [7, 11) is 0. The fourth-order valence-corrected chi connectivity index (χ4v) is 5.13. The topological polar surface area (TPSA) is 68.0 Å². The third-order valence-electron chi connectivity index (χ3n) is 3.26. The molecule has 0 fully saturated rings. The summed E-state index contributed by atoms with van der Waals surface area (Å²) in [6, 6.07) is 6.12. The normalized spacial score (nSPS) is 10.9. The maximum Gasteiger partial charge on any atom is 0.227 e. The Bertz CT molecular complexity index is 801. The first-order valence-electron chi connectivity index (χ1n) is 7.64. The van der Waals surface area contributed by atoms with Crippen molar-refractivity contribution in [1.82, 2.24) is 15.5 Å². The summed E-state index contributed by atoms with van der Waals surface area (Å²) in [5, 5.41) is 10.8. The van der Waals surface area contributed by atoms with E-state index in [9.17, 15) is 4.79 Å². The summed E-state index contributed by atoms with van der Waals surface area (Å²) in [6.07, 6.45) is 0.813. The van der Waals surface area contributed by atoms with Gasteiger partial charge in [0.2, 0.25) is 17.6 Å². The highest BCUT2D eigenvalue weighted by atomic mass is 79.9. The first-order valence-corrected chi connectivity index (χ1v) is 11.4. The molecule has 0 unspecified atom stereocenters. The molecule has 5 nitrogen and oxygen atoms in total. The number of hydrogen-bond donors (Lipinski definition) is 1. The Morgan fingerprint density at radius 1 is 1.36 bits per heavy atom. The van der Waals surface area contributed by atoms with Crippen molar-refractivity contribution in [2.75, 3.05) is 12.3 Å². The van der Waals surface area contributed by atoms with Gasteiger partial charge in [-0.2, -0.15) is 28.1 Å². The van der Waals surface area contributed by atoms with Gasteiger partial charge in [0.1, 0.15) is 0 Å². The second kappa shape index (κ2) is 9.51. The molecule has 25 heavy (non-hydrogen) atoms. The number of aromatic nitrogens is 2. The van der Waals surface area contributed by atoms with Crippen LogP contribution in [0.15, 0.2) is 37.3 Å². The van der Waals surface area contributed by atoms with Crippen molar-refractivity contribution in [2.45, 2.75) is 18.6 Å². The molecule has 1 amide bonds. The van der Waals surface area contributed by atoms with Crippen molar-refractivity contribution in [2.24, 2.45) is 0 Å². The van der Waals surface area contributed by atoms with Gasteiger partial charge in [-0.15, -0.1) is 11.3 Å². The molecule has 3 aromatic heterocycles. The molecule has 0 saturated carbocycles. The number of amides is 1. The lowest BCUT2D eigenvalue weighted by atomic mass is 10.3. The van der Waals surface area contributed by atoms with E-state index < -0.39 is 0 Å². The SMILES string of the molecule is O=C(CCc1nc(-c2ccsc2)no1)NCCSCc1ccc(Br)s1. The second-order valence-corrected chi connectivity index (χ2v) is 9.56. The lowest BCUT2D eigenvalue weighted by molar-refractivity contribution is -0.121. The Kier molecular flexibility index (Phi) is 7.09. The van der Waals surface area contributed by atoms with Crippen molar-refractivity contribution < 1.29 is 9.32 Å². The molecule has 3 aromatic rings. The van der Waals surface area contributed by atoms with Crippen molar-refractivity contribution in [3.63, 3.8) is 0 Å². The van der Waals surface area contributed by atoms with E-state index in [1.54, 1.807) is 22.7 Å². The standard InChI is InChI=1S/C16H16BrN3O2S3/c17-13-2-1-12(25-13)10-24-8-6-18-14(21)3-4-15-19-16(20-22-15)11-5-7-23-9-11/h1-2,5,7,9H,3-4,6,8,10H2,(H,18,21). The maximum atomic E-state index is 11.9. The monoisotopic (exact) mass is 457 g/mol. The Morgan fingerprint density at radius 3 is 3.04 bits per heavy atom. The van der Waals surface area contributed by atoms with Gasteiger partial charge in [0.25, 0.3) is 0 Å². The van der Waals surface area contributed by atoms with E-state index >= 15 is 0 Å². The number of thiophene rings is 2. The molecule has 0 bridgehead atoms. The summed E-state index contributed by atoms with van der Waals surface area (Å²) >= 11 is 8.60. The van der Waals surface area contributed by atoms with E-state index in [0.717, 1.165) is 20.9 Å². The number of aryl methyl sites for hydroxylation is 1. The van der Waals surface area contributed by atoms with Crippen molar-refractivity contribution >= 4 is 56.3 Å². The molecule has 0 spiro atoms. The fourth-order valence-electron chi connectivity index (χ4n) is 2.04. The van der Waals surface area contributed by atoms with Gasteiger partial charge < -0.3 is 9.84 Å². The Morgan fingerprint density at radius 2 is 2.28 bits per heavy atom. The van der Waals surface area contributed by atoms with E-state index in [-0.39, 0.29) is 5.91 Å². The fraction of sp³-hybridized carbons (Fsp3) is 0.312. The zero-order valence-corrected chi connectivity index (χ0v) is 17.3. The summed E-state index contributed by atoms with van der Waals surface area (Å²) < 4.78 is 6.34. The minimum atomic E-state index is 0.00903. The van der Waals surface area contributed by atoms with Gasteiger partial charge in [-0.25, -0.2) is 0 Å². The predicted octanol–water partition coefficient (Wildman–Crippen LogP) is 4.60. The van der Waals surface area contributed by atoms with Crippen LogP contribution in [-0.2, 0) is 17.0 Å². The molecule has 1 N–H and O–H groups in total. The highest BCUT2D eigenvalue weighted by Crippen LogP contribution is 2.25. The third-order valence-corrected chi connectivity index (χ3v) is 6.75. The van der Waals surface area contributed by atoms with Gasteiger partial charge >= 0.3 is 0 Å². The lowest BCUT2D eigenvalue weighted by Gasteiger charge is -2.03. The Balaban J connectivity index is 1.30. The average molecular weight is 458 g/mol. The number of nitrogens with one attached hydrogen (secondary N) is 1. The van der Waals surface area contributed by atoms with Crippen molar-refractivity contribution in [1.29, 1.82) is 0 Å². The van der Waals surface area contributed by atoms with Gasteiger partial charge in [0, 0.05) is 46.7 Å². The Labute approximate surface area is 166 Å². The van der Waals surface area contributed by atoms with Crippen LogP contribution in [0, 0.1) is 0 Å². The van der Waals surface area contributed by atoms with Gasteiger partial charge in [-0.1, -0.05) is 5.16 Å². The number of halogens is 1. The minimum absolute atomic E-state index is 0.00903. The molecule has 0 aromatic carbocycles. The average Bonchev–Trinajstić information content (AvgIpc) is 3.34.